The van der Waals surface area contributed by atoms with E-state index in [0.29, 0.717) is 0 Å². The van der Waals surface area contributed by atoms with Crippen LogP contribution in [0, 0.1) is 5.82 Å². The Labute approximate surface area is 152 Å². The number of benzene rings is 2. The van der Waals surface area contributed by atoms with Crippen molar-refractivity contribution in [2.45, 2.75) is 5.03 Å². The van der Waals surface area contributed by atoms with E-state index in [4.69, 9.17) is 4.98 Å². The minimum atomic E-state index is -0.222. The maximum Gasteiger partial charge on any atom is 0.123 e. The first-order chi connectivity index (χ1) is 11.1. The minimum Gasteiger partial charge on any atom is -0.309 e. The molecule has 0 aliphatic heterocycles. The van der Waals surface area contributed by atoms with Crippen LogP contribution in [-0.4, -0.2) is 36.3 Å². The number of nitrogens with zero attached hydrogens (tertiary/aromatic N) is 2. The molecule has 0 saturated heterocycles. The molecule has 0 spiro atoms. The van der Waals surface area contributed by atoms with Gasteiger partial charge in [0, 0.05) is 23.2 Å². The van der Waals surface area contributed by atoms with E-state index in [0.717, 1.165) is 39.4 Å². The van der Waals surface area contributed by atoms with E-state index in [1.807, 2.05) is 30.3 Å². The number of pyridine rings is 1. The van der Waals surface area contributed by atoms with E-state index in [2.05, 4.69) is 25.1 Å². The molecule has 3 aromatic rings. The molecule has 0 N–H and O–H groups in total. The van der Waals surface area contributed by atoms with Crippen molar-refractivity contribution >= 4 is 35.1 Å². The van der Waals surface area contributed by atoms with E-state index < -0.39 is 0 Å². The Kier molecular flexibility index (Phi) is 6.60. The van der Waals surface area contributed by atoms with E-state index in [1.165, 1.54) is 6.07 Å². The van der Waals surface area contributed by atoms with Crippen LogP contribution in [0.3, 0.4) is 0 Å². The lowest BCUT2D eigenvalue weighted by Gasteiger charge is -2.13. The lowest BCUT2D eigenvalue weighted by Crippen LogP contribution is -2.14. The monoisotopic (exact) mass is 362 g/mol. The van der Waals surface area contributed by atoms with Gasteiger partial charge in [-0.1, -0.05) is 30.3 Å². The third-order valence-corrected chi connectivity index (χ3v) is 4.57. The highest BCUT2D eigenvalue weighted by Gasteiger charge is 2.10. The summed E-state index contributed by atoms with van der Waals surface area (Å²) in [6.45, 7) is 0.974. The summed E-state index contributed by atoms with van der Waals surface area (Å²) in [5.41, 5.74) is 2.84. The fraction of sp³-hybridized carbons (Fsp3) is 0.211. The Morgan fingerprint density at radius 1 is 1.04 bits per heavy atom. The molecule has 0 bridgehead atoms. The molecule has 126 valence electrons. The summed E-state index contributed by atoms with van der Waals surface area (Å²) < 4.78 is 13.6. The molecule has 3 rings (SSSR count). The Morgan fingerprint density at radius 2 is 1.83 bits per heavy atom. The summed E-state index contributed by atoms with van der Waals surface area (Å²) >= 11 is 1.72. The highest BCUT2D eigenvalue weighted by Crippen LogP contribution is 2.33. The van der Waals surface area contributed by atoms with Crippen molar-refractivity contribution in [2.24, 2.45) is 0 Å². The largest absolute Gasteiger partial charge is 0.309 e. The third-order valence-electron chi connectivity index (χ3n) is 3.60. The van der Waals surface area contributed by atoms with Crippen molar-refractivity contribution < 1.29 is 4.39 Å². The number of fused-ring (bicyclic) bond motifs is 1. The van der Waals surface area contributed by atoms with Crippen molar-refractivity contribution in [1.29, 1.82) is 0 Å². The number of rotatable bonds is 5. The Hall–Kier alpha value is -1.62. The zero-order valence-corrected chi connectivity index (χ0v) is 15.3. The molecule has 1 aromatic heterocycles. The molecule has 24 heavy (non-hydrogen) atoms. The second kappa shape index (κ2) is 8.47. The van der Waals surface area contributed by atoms with Gasteiger partial charge in [0.25, 0.3) is 0 Å². The van der Waals surface area contributed by atoms with Gasteiger partial charge in [-0.05, 0) is 43.9 Å². The molecule has 0 atom stereocenters. The molecule has 0 fully saturated rings. The standard InChI is InChI=1S/C19H19FN2S.ClH/c1-22(2)10-11-23-19-17(14-7-5-8-16(20)12-14)13-15-6-3-4-9-18(15)21-19;/h3-9,12-13H,10-11H2,1-2H3;1H. The number of halogens is 2. The third kappa shape index (κ3) is 4.47. The number of aromatic nitrogens is 1. The zero-order valence-electron chi connectivity index (χ0n) is 13.7. The lowest BCUT2D eigenvalue weighted by molar-refractivity contribution is 0.437. The summed E-state index contributed by atoms with van der Waals surface area (Å²) in [4.78, 5) is 6.95. The summed E-state index contributed by atoms with van der Waals surface area (Å²) in [7, 11) is 4.11. The van der Waals surface area contributed by atoms with E-state index >= 15 is 0 Å². The van der Waals surface area contributed by atoms with Gasteiger partial charge in [0.15, 0.2) is 0 Å². The highest BCUT2D eigenvalue weighted by atomic mass is 35.5. The predicted octanol–water partition coefficient (Wildman–Crippen LogP) is 5.12. The van der Waals surface area contributed by atoms with Crippen LogP contribution >= 0.6 is 24.2 Å². The topological polar surface area (TPSA) is 16.1 Å². The molecule has 5 heteroatoms. The van der Waals surface area contributed by atoms with Gasteiger partial charge in [-0.3, -0.25) is 0 Å². The van der Waals surface area contributed by atoms with Gasteiger partial charge >= 0.3 is 0 Å². The van der Waals surface area contributed by atoms with Gasteiger partial charge in [0.1, 0.15) is 10.8 Å². The van der Waals surface area contributed by atoms with Crippen LogP contribution in [0.15, 0.2) is 59.6 Å². The second-order valence-electron chi connectivity index (χ2n) is 5.70. The first kappa shape index (κ1) is 18.7. The normalized spacial score (nSPS) is 10.8. The maximum atomic E-state index is 13.6. The fourth-order valence-corrected chi connectivity index (χ4v) is 3.54. The van der Waals surface area contributed by atoms with E-state index in [9.17, 15) is 4.39 Å². The van der Waals surface area contributed by atoms with E-state index in [-0.39, 0.29) is 18.2 Å². The summed E-state index contributed by atoms with van der Waals surface area (Å²) in [6.07, 6.45) is 0. The maximum absolute atomic E-state index is 13.6. The first-order valence-corrected chi connectivity index (χ1v) is 8.55. The molecule has 0 saturated carbocycles. The molecule has 0 unspecified atom stereocenters. The Morgan fingerprint density at radius 3 is 2.58 bits per heavy atom. The number of thioether (sulfide) groups is 1. The van der Waals surface area contributed by atoms with Gasteiger partial charge in [0.2, 0.25) is 0 Å². The molecule has 2 aromatic carbocycles. The van der Waals surface area contributed by atoms with E-state index in [1.54, 1.807) is 23.9 Å². The van der Waals surface area contributed by atoms with Gasteiger partial charge in [-0.2, -0.15) is 0 Å². The van der Waals surface area contributed by atoms with Crippen LogP contribution in [0.25, 0.3) is 22.0 Å². The van der Waals surface area contributed by atoms with Crippen LogP contribution < -0.4 is 0 Å². The number of hydrogen-bond donors (Lipinski definition) is 0. The van der Waals surface area contributed by atoms with Crippen molar-refractivity contribution in [3.05, 3.63) is 60.4 Å². The molecular formula is C19H20ClFN2S. The van der Waals surface area contributed by atoms with Crippen molar-refractivity contribution in [1.82, 2.24) is 9.88 Å². The number of hydrogen-bond acceptors (Lipinski definition) is 3. The first-order valence-electron chi connectivity index (χ1n) is 7.57. The summed E-state index contributed by atoms with van der Waals surface area (Å²) in [6, 6.07) is 16.9. The molecule has 0 aliphatic carbocycles. The SMILES string of the molecule is CN(C)CCSc1nc2ccccc2cc1-c1cccc(F)c1.Cl. The van der Waals surface area contributed by atoms with Crippen LogP contribution in [0.2, 0.25) is 0 Å². The summed E-state index contributed by atoms with van der Waals surface area (Å²) in [5.74, 6) is 0.723. The second-order valence-corrected chi connectivity index (χ2v) is 6.78. The average molecular weight is 363 g/mol. The minimum absolute atomic E-state index is 0. The molecule has 0 radical (unpaired) electrons. The molecule has 0 aliphatic rings. The van der Waals surface area contributed by atoms with Gasteiger partial charge < -0.3 is 4.90 Å². The molecule has 1 heterocycles. The van der Waals surface area contributed by atoms with Crippen LogP contribution in [0.4, 0.5) is 4.39 Å². The fourth-order valence-electron chi connectivity index (χ4n) is 2.40. The van der Waals surface area contributed by atoms with Crippen molar-refractivity contribution in [3.8, 4) is 11.1 Å². The average Bonchev–Trinajstić information content (AvgIpc) is 2.54. The Bertz CT molecular complexity index is 823. The predicted molar refractivity (Wildman–Crippen MR) is 104 cm³/mol. The van der Waals surface area contributed by atoms with Crippen LogP contribution in [0.5, 0.6) is 0 Å². The van der Waals surface area contributed by atoms with Crippen LogP contribution in [0.1, 0.15) is 0 Å². The van der Waals surface area contributed by atoms with Crippen molar-refractivity contribution in [3.63, 3.8) is 0 Å². The zero-order chi connectivity index (χ0) is 16.2. The number of para-hydroxylation sites is 1. The van der Waals surface area contributed by atoms with Gasteiger partial charge in [-0.15, -0.1) is 24.2 Å². The molecular weight excluding hydrogens is 343 g/mol. The lowest BCUT2D eigenvalue weighted by atomic mass is 10.1. The quantitative estimate of drug-likeness (QED) is 0.586. The van der Waals surface area contributed by atoms with Crippen LogP contribution in [-0.2, 0) is 0 Å². The van der Waals surface area contributed by atoms with Crippen molar-refractivity contribution in [2.75, 3.05) is 26.4 Å². The highest BCUT2D eigenvalue weighted by molar-refractivity contribution is 7.99. The summed E-state index contributed by atoms with van der Waals surface area (Å²) in [5, 5.41) is 2.03. The van der Waals surface area contributed by atoms with Gasteiger partial charge in [0.05, 0.1) is 5.52 Å². The smallest absolute Gasteiger partial charge is 0.123 e. The molecule has 2 nitrogen and oxygen atoms in total. The molecule has 0 amide bonds. The van der Waals surface area contributed by atoms with Gasteiger partial charge in [-0.25, -0.2) is 9.37 Å². The Balaban J connectivity index is 0.00000208.